The molecular formula is C23H26F2O2. The smallest absolute Gasteiger partial charge is 0.340 e. The molecule has 144 valence electrons. The largest absolute Gasteiger partial charge is 0.465 e. The van der Waals surface area contributed by atoms with Crippen LogP contribution in [0.1, 0.15) is 67.3 Å². The van der Waals surface area contributed by atoms with Crippen molar-refractivity contribution in [3.05, 3.63) is 47.0 Å². The summed E-state index contributed by atoms with van der Waals surface area (Å²) in [4.78, 5) is 11.7. The molecule has 2 aliphatic carbocycles. The van der Waals surface area contributed by atoms with E-state index >= 15 is 4.39 Å². The molecule has 0 saturated heterocycles. The molecule has 27 heavy (non-hydrogen) atoms. The lowest BCUT2D eigenvalue weighted by Crippen LogP contribution is -2.29. The summed E-state index contributed by atoms with van der Waals surface area (Å²) in [7, 11) is 1.21. The maximum atomic E-state index is 15.3. The molecule has 0 heterocycles. The van der Waals surface area contributed by atoms with Crippen molar-refractivity contribution in [2.24, 2.45) is 17.8 Å². The molecule has 0 bridgehead atoms. The second-order valence-corrected chi connectivity index (χ2v) is 8.46. The number of halogens is 2. The van der Waals surface area contributed by atoms with Crippen LogP contribution in [0.5, 0.6) is 0 Å². The SMILES string of the molecule is COC(=O)c1cc2ccc(C3CC[C@H]4CC(C)CC[C@@H]4C3)c(F)c2cc1F. The van der Waals surface area contributed by atoms with Gasteiger partial charge in [-0.2, -0.15) is 0 Å². The summed E-state index contributed by atoms with van der Waals surface area (Å²) in [5, 5.41) is 0.773. The highest BCUT2D eigenvalue weighted by molar-refractivity contribution is 5.96. The number of hydrogen-bond donors (Lipinski definition) is 0. The monoisotopic (exact) mass is 372 g/mol. The molecule has 2 aliphatic rings. The van der Waals surface area contributed by atoms with Crippen LogP contribution in [0.15, 0.2) is 24.3 Å². The zero-order chi connectivity index (χ0) is 19.1. The summed E-state index contributed by atoms with van der Waals surface area (Å²) in [6, 6.07) is 6.14. The number of methoxy groups -OCH3 is 1. The van der Waals surface area contributed by atoms with Crippen LogP contribution < -0.4 is 0 Å². The minimum atomic E-state index is -0.747. The fraction of sp³-hybridized carbons (Fsp3) is 0.522. The second-order valence-electron chi connectivity index (χ2n) is 8.46. The quantitative estimate of drug-likeness (QED) is 0.585. The Labute approximate surface area is 158 Å². The molecule has 4 heteroatoms. The summed E-state index contributed by atoms with van der Waals surface area (Å²) < 4.78 is 34.2. The second kappa shape index (κ2) is 7.21. The fourth-order valence-corrected chi connectivity index (χ4v) is 5.31. The molecular weight excluding hydrogens is 346 g/mol. The van der Waals surface area contributed by atoms with Gasteiger partial charge in [0.15, 0.2) is 0 Å². The number of benzene rings is 2. The van der Waals surface area contributed by atoms with E-state index in [2.05, 4.69) is 11.7 Å². The lowest BCUT2D eigenvalue weighted by Gasteiger charge is -2.41. The van der Waals surface area contributed by atoms with Crippen molar-refractivity contribution in [2.75, 3.05) is 7.11 Å². The molecule has 2 fully saturated rings. The molecule has 2 unspecified atom stereocenters. The first-order valence-corrected chi connectivity index (χ1v) is 9.98. The van der Waals surface area contributed by atoms with Gasteiger partial charge in [-0.05, 0) is 78.9 Å². The van der Waals surface area contributed by atoms with Crippen LogP contribution in [-0.2, 0) is 4.74 Å². The number of carbonyl (C=O) groups excluding carboxylic acids is 1. The van der Waals surface area contributed by atoms with Gasteiger partial charge in [0.2, 0.25) is 0 Å². The van der Waals surface area contributed by atoms with E-state index in [-0.39, 0.29) is 22.7 Å². The van der Waals surface area contributed by atoms with Crippen LogP contribution in [0.25, 0.3) is 10.8 Å². The highest BCUT2D eigenvalue weighted by Gasteiger charge is 2.35. The van der Waals surface area contributed by atoms with E-state index in [1.165, 1.54) is 32.4 Å². The normalized spacial score (nSPS) is 28.0. The van der Waals surface area contributed by atoms with E-state index < -0.39 is 11.8 Å². The van der Waals surface area contributed by atoms with E-state index in [1.807, 2.05) is 6.07 Å². The van der Waals surface area contributed by atoms with E-state index in [0.29, 0.717) is 16.9 Å². The minimum absolute atomic E-state index is 0.158. The highest BCUT2D eigenvalue weighted by Crippen LogP contribution is 2.48. The summed E-state index contributed by atoms with van der Waals surface area (Å²) in [5.74, 6) is 0.663. The standard InChI is InChI=1S/C23H26F2O2/c1-13-3-4-15-10-16(6-5-14(15)9-13)18-8-7-17-11-20(23(26)27-2)21(24)12-19(17)22(18)25/h7-8,11-16H,3-6,9-10H2,1-2H3/t13?,14-,15+,16?/m0/s1. The van der Waals surface area contributed by atoms with Gasteiger partial charge in [-0.15, -0.1) is 0 Å². The molecule has 2 nitrogen and oxygen atoms in total. The van der Waals surface area contributed by atoms with Crippen LogP contribution >= 0.6 is 0 Å². The van der Waals surface area contributed by atoms with Gasteiger partial charge in [0.1, 0.15) is 11.6 Å². The minimum Gasteiger partial charge on any atom is -0.465 e. The summed E-state index contributed by atoms with van der Waals surface area (Å²) in [6.45, 7) is 2.34. The Hall–Kier alpha value is -1.97. The maximum absolute atomic E-state index is 15.3. The van der Waals surface area contributed by atoms with Crippen LogP contribution in [0.4, 0.5) is 8.78 Å². The van der Waals surface area contributed by atoms with Gasteiger partial charge in [0, 0.05) is 5.39 Å². The van der Waals surface area contributed by atoms with Gasteiger partial charge in [0.25, 0.3) is 0 Å². The van der Waals surface area contributed by atoms with Crippen molar-refractivity contribution in [1.29, 1.82) is 0 Å². The number of carbonyl (C=O) groups is 1. The lowest BCUT2D eigenvalue weighted by atomic mass is 9.64. The first-order chi connectivity index (χ1) is 13.0. The number of hydrogen-bond acceptors (Lipinski definition) is 2. The average molecular weight is 372 g/mol. The molecule has 0 amide bonds. The predicted molar refractivity (Wildman–Crippen MR) is 102 cm³/mol. The fourth-order valence-electron chi connectivity index (χ4n) is 5.31. The zero-order valence-corrected chi connectivity index (χ0v) is 15.9. The van der Waals surface area contributed by atoms with Crippen LogP contribution in [0.3, 0.4) is 0 Å². The number of fused-ring (bicyclic) bond motifs is 2. The molecule has 2 aromatic carbocycles. The Kier molecular flexibility index (Phi) is 4.92. The molecule has 4 rings (SSSR count). The molecule has 2 aromatic rings. The average Bonchev–Trinajstić information content (AvgIpc) is 2.67. The Morgan fingerprint density at radius 2 is 1.78 bits per heavy atom. The summed E-state index contributed by atoms with van der Waals surface area (Å²) in [6.07, 6.45) is 7.01. The van der Waals surface area contributed by atoms with E-state index in [1.54, 1.807) is 6.07 Å². The lowest BCUT2D eigenvalue weighted by molar-refractivity contribution is 0.0595. The molecule has 0 spiro atoms. The van der Waals surface area contributed by atoms with E-state index in [9.17, 15) is 9.18 Å². The Morgan fingerprint density at radius 1 is 1.04 bits per heavy atom. The maximum Gasteiger partial charge on any atom is 0.340 e. The Bertz CT molecular complexity index is 876. The first kappa shape index (κ1) is 18.4. The number of ether oxygens (including phenoxy) is 1. The topological polar surface area (TPSA) is 26.3 Å². The first-order valence-electron chi connectivity index (χ1n) is 9.98. The Morgan fingerprint density at radius 3 is 2.56 bits per heavy atom. The van der Waals surface area contributed by atoms with E-state index in [4.69, 9.17) is 0 Å². The van der Waals surface area contributed by atoms with Crippen molar-refractivity contribution in [3.63, 3.8) is 0 Å². The third kappa shape index (κ3) is 3.35. The highest BCUT2D eigenvalue weighted by atomic mass is 19.1. The predicted octanol–water partition coefficient (Wildman–Crippen LogP) is 6.22. The third-order valence-corrected chi connectivity index (χ3v) is 6.79. The van der Waals surface area contributed by atoms with Crippen LogP contribution in [0.2, 0.25) is 0 Å². The van der Waals surface area contributed by atoms with Crippen molar-refractivity contribution in [1.82, 2.24) is 0 Å². The molecule has 0 N–H and O–H groups in total. The molecule has 4 atom stereocenters. The van der Waals surface area contributed by atoms with Gasteiger partial charge in [0.05, 0.1) is 12.7 Å². The van der Waals surface area contributed by atoms with Crippen LogP contribution in [-0.4, -0.2) is 13.1 Å². The van der Waals surface area contributed by atoms with Crippen molar-refractivity contribution in [3.8, 4) is 0 Å². The summed E-state index contributed by atoms with van der Waals surface area (Å²) >= 11 is 0. The molecule has 0 radical (unpaired) electrons. The van der Waals surface area contributed by atoms with Crippen molar-refractivity contribution in [2.45, 2.75) is 51.4 Å². The third-order valence-electron chi connectivity index (χ3n) is 6.79. The molecule has 0 aromatic heterocycles. The number of rotatable bonds is 2. The zero-order valence-electron chi connectivity index (χ0n) is 15.9. The van der Waals surface area contributed by atoms with Gasteiger partial charge in [-0.25, -0.2) is 13.6 Å². The van der Waals surface area contributed by atoms with Gasteiger partial charge in [-0.3, -0.25) is 0 Å². The molecule has 2 saturated carbocycles. The molecule has 0 aliphatic heterocycles. The van der Waals surface area contributed by atoms with Gasteiger partial charge in [-0.1, -0.05) is 25.5 Å². The van der Waals surface area contributed by atoms with Crippen molar-refractivity contribution < 1.29 is 18.3 Å². The van der Waals surface area contributed by atoms with Crippen molar-refractivity contribution >= 4 is 16.7 Å². The van der Waals surface area contributed by atoms with Gasteiger partial charge >= 0.3 is 5.97 Å². The number of esters is 1. The Balaban J connectivity index is 1.65. The van der Waals surface area contributed by atoms with Gasteiger partial charge < -0.3 is 4.74 Å². The van der Waals surface area contributed by atoms with Crippen LogP contribution in [0, 0.1) is 29.4 Å². The van der Waals surface area contributed by atoms with E-state index in [0.717, 1.165) is 37.2 Å². The summed E-state index contributed by atoms with van der Waals surface area (Å²) in [5.41, 5.74) is 0.541.